The second-order valence-electron chi connectivity index (χ2n) is 7.25. The van der Waals surface area contributed by atoms with E-state index in [1.165, 1.54) is 17.9 Å². The minimum absolute atomic E-state index is 0.144. The number of carbonyl (C=O) groups is 2. The summed E-state index contributed by atoms with van der Waals surface area (Å²) in [4.78, 5) is 28.5. The number of hydrogen-bond donors (Lipinski definition) is 2. The maximum absolute atomic E-state index is 12.9. The van der Waals surface area contributed by atoms with Crippen molar-refractivity contribution in [3.05, 3.63) is 0 Å². The molecule has 142 valence electrons. The molecular weight excluding hydrogens is 322 g/mol. The Morgan fingerprint density at radius 2 is 1.60 bits per heavy atom. The number of amides is 2. The zero-order valence-corrected chi connectivity index (χ0v) is 15.0. The van der Waals surface area contributed by atoms with Gasteiger partial charge in [0.05, 0.1) is 0 Å². The summed E-state index contributed by atoms with van der Waals surface area (Å²) in [6, 6.07) is 0.477. The molecule has 3 saturated heterocycles. The summed E-state index contributed by atoms with van der Waals surface area (Å²) in [5, 5.41) is 16.0. The van der Waals surface area contributed by atoms with Gasteiger partial charge in [0, 0.05) is 45.3 Å². The van der Waals surface area contributed by atoms with Crippen LogP contribution in [0.25, 0.3) is 0 Å². The number of carboxylic acid groups (broad SMARTS) is 1. The first kappa shape index (κ1) is 18.4. The standard InChI is InChI=1S/C17H31N5O3/c23-16(24)14-22(21-8-2-1-3-9-21)17(25)20-12-10-19(11-13-20)15-4-6-18-7-5-15/h15,18H,1-14H2,(H,23,24). The lowest BCUT2D eigenvalue weighted by atomic mass is 10.0. The zero-order valence-electron chi connectivity index (χ0n) is 15.0. The van der Waals surface area contributed by atoms with Gasteiger partial charge < -0.3 is 15.3 Å². The third kappa shape index (κ3) is 4.83. The van der Waals surface area contributed by atoms with E-state index in [0.29, 0.717) is 19.1 Å². The van der Waals surface area contributed by atoms with Crippen LogP contribution >= 0.6 is 0 Å². The van der Waals surface area contributed by atoms with Crippen LogP contribution in [-0.2, 0) is 4.79 Å². The van der Waals surface area contributed by atoms with Crippen LogP contribution < -0.4 is 5.32 Å². The van der Waals surface area contributed by atoms with Crippen molar-refractivity contribution in [2.45, 2.75) is 38.1 Å². The average Bonchev–Trinajstić information content (AvgIpc) is 2.67. The fraction of sp³-hybridized carbons (Fsp3) is 0.882. The highest BCUT2D eigenvalue weighted by molar-refractivity contribution is 5.79. The summed E-state index contributed by atoms with van der Waals surface area (Å²) in [5.41, 5.74) is 0. The molecule has 0 atom stereocenters. The highest BCUT2D eigenvalue weighted by Gasteiger charge is 2.32. The Bertz CT molecular complexity index is 455. The van der Waals surface area contributed by atoms with Gasteiger partial charge in [-0.15, -0.1) is 0 Å². The van der Waals surface area contributed by atoms with Crippen molar-refractivity contribution in [2.75, 3.05) is 58.9 Å². The number of urea groups is 1. The molecule has 8 nitrogen and oxygen atoms in total. The summed E-state index contributed by atoms with van der Waals surface area (Å²) in [5.74, 6) is -0.952. The van der Waals surface area contributed by atoms with E-state index in [2.05, 4.69) is 10.2 Å². The number of hydrazine groups is 1. The van der Waals surface area contributed by atoms with Gasteiger partial charge in [-0.3, -0.25) is 9.69 Å². The number of hydrogen-bond acceptors (Lipinski definition) is 5. The first-order valence-corrected chi connectivity index (χ1v) is 9.63. The van der Waals surface area contributed by atoms with Gasteiger partial charge in [0.2, 0.25) is 0 Å². The maximum Gasteiger partial charge on any atom is 0.335 e. The number of carbonyl (C=O) groups excluding carboxylic acids is 1. The largest absolute Gasteiger partial charge is 0.480 e. The molecule has 3 aliphatic rings. The predicted molar refractivity (Wildman–Crippen MR) is 94.2 cm³/mol. The predicted octanol–water partition coefficient (Wildman–Crippen LogP) is 0.264. The highest BCUT2D eigenvalue weighted by Crippen LogP contribution is 2.17. The van der Waals surface area contributed by atoms with Crippen molar-refractivity contribution in [2.24, 2.45) is 0 Å². The van der Waals surface area contributed by atoms with Crippen molar-refractivity contribution in [1.29, 1.82) is 0 Å². The molecule has 0 unspecified atom stereocenters. The Morgan fingerprint density at radius 1 is 0.960 bits per heavy atom. The van der Waals surface area contributed by atoms with E-state index in [0.717, 1.165) is 58.5 Å². The third-order valence-electron chi connectivity index (χ3n) is 5.59. The monoisotopic (exact) mass is 353 g/mol. The number of nitrogens with one attached hydrogen (secondary N) is 1. The van der Waals surface area contributed by atoms with Crippen LogP contribution in [0.5, 0.6) is 0 Å². The first-order valence-electron chi connectivity index (χ1n) is 9.63. The van der Waals surface area contributed by atoms with Crippen LogP contribution in [0.4, 0.5) is 4.79 Å². The van der Waals surface area contributed by atoms with E-state index >= 15 is 0 Å². The molecule has 2 N–H and O–H groups in total. The van der Waals surface area contributed by atoms with Crippen LogP contribution in [0.3, 0.4) is 0 Å². The third-order valence-corrected chi connectivity index (χ3v) is 5.59. The second-order valence-corrected chi connectivity index (χ2v) is 7.25. The molecule has 0 aromatic carbocycles. The maximum atomic E-state index is 12.9. The lowest BCUT2D eigenvalue weighted by Gasteiger charge is -2.44. The average molecular weight is 353 g/mol. The van der Waals surface area contributed by atoms with E-state index in [1.807, 2.05) is 9.91 Å². The highest BCUT2D eigenvalue weighted by atomic mass is 16.4. The quantitative estimate of drug-likeness (QED) is 0.755. The van der Waals surface area contributed by atoms with Gasteiger partial charge in [-0.1, -0.05) is 6.42 Å². The molecular formula is C17H31N5O3. The van der Waals surface area contributed by atoms with E-state index in [9.17, 15) is 14.7 Å². The zero-order chi connectivity index (χ0) is 17.6. The molecule has 25 heavy (non-hydrogen) atoms. The molecule has 3 fully saturated rings. The Labute approximate surface area is 149 Å². The molecule has 3 rings (SSSR count). The molecule has 3 heterocycles. The Morgan fingerprint density at radius 3 is 2.20 bits per heavy atom. The van der Waals surface area contributed by atoms with Crippen LogP contribution in [0, 0.1) is 0 Å². The lowest BCUT2D eigenvalue weighted by Crippen LogP contribution is -2.60. The molecule has 0 radical (unpaired) electrons. The molecule has 0 aliphatic carbocycles. The van der Waals surface area contributed by atoms with Crippen LogP contribution in [0.15, 0.2) is 0 Å². The van der Waals surface area contributed by atoms with Crippen molar-refractivity contribution in [3.8, 4) is 0 Å². The Balaban J connectivity index is 1.55. The van der Waals surface area contributed by atoms with Crippen LogP contribution in [-0.4, -0.2) is 102 Å². The van der Waals surface area contributed by atoms with E-state index in [1.54, 1.807) is 0 Å². The van der Waals surface area contributed by atoms with Gasteiger partial charge in [0.1, 0.15) is 6.54 Å². The fourth-order valence-electron chi connectivity index (χ4n) is 4.15. The van der Waals surface area contributed by atoms with Crippen molar-refractivity contribution < 1.29 is 14.7 Å². The van der Waals surface area contributed by atoms with Gasteiger partial charge in [0.15, 0.2) is 0 Å². The Kier molecular flexibility index (Phi) is 6.50. The molecule has 3 aliphatic heterocycles. The van der Waals surface area contributed by atoms with E-state index in [4.69, 9.17) is 0 Å². The summed E-state index contributed by atoms with van der Waals surface area (Å²) in [6.45, 7) is 6.60. The minimum Gasteiger partial charge on any atom is -0.480 e. The first-order chi connectivity index (χ1) is 12.1. The smallest absolute Gasteiger partial charge is 0.335 e. The van der Waals surface area contributed by atoms with Gasteiger partial charge in [-0.2, -0.15) is 0 Å². The lowest BCUT2D eigenvalue weighted by molar-refractivity contribution is -0.142. The summed E-state index contributed by atoms with van der Waals surface area (Å²) in [7, 11) is 0. The molecule has 8 heteroatoms. The van der Waals surface area contributed by atoms with Gasteiger partial charge in [-0.05, 0) is 38.8 Å². The molecule has 0 aromatic heterocycles. The molecule has 2 amide bonds. The van der Waals surface area contributed by atoms with E-state index in [-0.39, 0.29) is 12.6 Å². The number of piperazine rings is 1. The number of piperidine rings is 2. The second kappa shape index (κ2) is 8.82. The number of nitrogens with zero attached hydrogens (tertiary/aromatic N) is 4. The van der Waals surface area contributed by atoms with Gasteiger partial charge >= 0.3 is 12.0 Å². The number of carboxylic acids is 1. The molecule has 0 spiro atoms. The number of rotatable bonds is 4. The topological polar surface area (TPSA) is 79.4 Å². The molecule has 0 saturated carbocycles. The van der Waals surface area contributed by atoms with E-state index < -0.39 is 5.97 Å². The summed E-state index contributed by atoms with van der Waals surface area (Å²) >= 11 is 0. The van der Waals surface area contributed by atoms with Crippen LogP contribution in [0.2, 0.25) is 0 Å². The SMILES string of the molecule is O=C(O)CN(C(=O)N1CCN(C2CCNCC2)CC1)N1CCCCC1. The minimum atomic E-state index is -0.952. The van der Waals surface area contributed by atoms with Crippen molar-refractivity contribution >= 4 is 12.0 Å². The van der Waals surface area contributed by atoms with Gasteiger partial charge in [-0.25, -0.2) is 14.8 Å². The summed E-state index contributed by atoms with van der Waals surface area (Å²) < 4.78 is 0. The van der Waals surface area contributed by atoms with Crippen LogP contribution in [0.1, 0.15) is 32.1 Å². The van der Waals surface area contributed by atoms with Crippen molar-refractivity contribution in [3.63, 3.8) is 0 Å². The normalized spacial score (nSPS) is 24.2. The van der Waals surface area contributed by atoms with Gasteiger partial charge in [0.25, 0.3) is 0 Å². The molecule has 0 bridgehead atoms. The number of aliphatic carboxylic acids is 1. The summed E-state index contributed by atoms with van der Waals surface area (Å²) in [6.07, 6.45) is 5.54. The molecule has 0 aromatic rings. The van der Waals surface area contributed by atoms with Crippen molar-refractivity contribution in [1.82, 2.24) is 25.1 Å². The fourth-order valence-corrected chi connectivity index (χ4v) is 4.15. The Hall–Kier alpha value is -1.38.